The van der Waals surface area contributed by atoms with Crippen LogP contribution in [0.1, 0.15) is 0 Å². The molecule has 29 heavy (non-hydrogen) atoms. The first-order chi connectivity index (χ1) is 14.1. The molecule has 0 fully saturated rings. The zero-order valence-corrected chi connectivity index (χ0v) is 15.1. The number of hydrogen-bond acceptors (Lipinski definition) is 5. The average molecular weight is 385 g/mol. The summed E-state index contributed by atoms with van der Waals surface area (Å²) in [5.74, 6) is 0. The topological polar surface area (TPSA) is 106 Å². The van der Waals surface area contributed by atoms with Crippen LogP contribution in [-0.4, -0.2) is 14.7 Å². The predicted molar refractivity (Wildman–Crippen MR) is 109 cm³/mol. The number of rotatable bonds is 5. The summed E-state index contributed by atoms with van der Waals surface area (Å²) >= 11 is 0. The molecule has 0 saturated heterocycles. The Labute approximate surface area is 164 Å². The first-order valence-electron chi connectivity index (χ1n) is 8.75. The van der Waals surface area contributed by atoms with Gasteiger partial charge in [-0.25, -0.2) is 4.68 Å². The highest BCUT2D eigenvalue weighted by atomic mass is 16.6. The van der Waals surface area contributed by atoms with Crippen LogP contribution in [0.25, 0.3) is 16.9 Å². The Bertz CT molecular complexity index is 1230. The van der Waals surface area contributed by atoms with Crippen LogP contribution in [0, 0.1) is 10.1 Å². The summed E-state index contributed by atoms with van der Waals surface area (Å²) in [5, 5.41) is 22.3. The summed E-state index contributed by atoms with van der Waals surface area (Å²) in [6, 6.07) is 24.1. The first-order valence-corrected chi connectivity index (χ1v) is 8.75. The van der Waals surface area contributed by atoms with E-state index in [0.29, 0.717) is 17.1 Å². The van der Waals surface area contributed by atoms with Gasteiger partial charge in [0, 0.05) is 17.7 Å². The van der Waals surface area contributed by atoms with Crippen LogP contribution >= 0.6 is 0 Å². The zero-order chi connectivity index (χ0) is 20.2. The molecule has 3 aromatic carbocycles. The van der Waals surface area contributed by atoms with E-state index in [-0.39, 0.29) is 11.4 Å². The van der Waals surface area contributed by atoms with Gasteiger partial charge in [-0.15, -0.1) is 5.11 Å². The zero-order valence-electron chi connectivity index (χ0n) is 15.1. The number of hydrogen-bond donors (Lipinski definition) is 1. The molecule has 0 atom stereocenters. The third-order valence-corrected chi connectivity index (χ3v) is 4.27. The van der Waals surface area contributed by atoms with Crippen molar-refractivity contribution in [2.75, 3.05) is 0 Å². The quantitative estimate of drug-likeness (QED) is 0.291. The van der Waals surface area contributed by atoms with Crippen molar-refractivity contribution in [1.82, 2.24) is 9.78 Å². The number of nitro groups is 1. The molecule has 8 nitrogen and oxygen atoms in total. The number of benzene rings is 3. The van der Waals surface area contributed by atoms with Gasteiger partial charge in [-0.2, -0.15) is 5.11 Å². The number of nitrogens with one attached hydrogen (secondary N) is 1. The van der Waals surface area contributed by atoms with E-state index in [2.05, 4.69) is 15.3 Å². The summed E-state index contributed by atoms with van der Waals surface area (Å²) in [7, 11) is 0. The van der Waals surface area contributed by atoms with E-state index in [9.17, 15) is 14.9 Å². The molecule has 1 N–H and O–H groups in total. The molecule has 0 bridgehead atoms. The highest BCUT2D eigenvalue weighted by molar-refractivity contribution is 5.71. The second-order valence-corrected chi connectivity index (χ2v) is 6.15. The fourth-order valence-corrected chi connectivity index (χ4v) is 2.83. The van der Waals surface area contributed by atoms with Gasteiger partial charge >= 0.3 is 0 Å². The van der Waals surface area contributed by atoms with E-state index < -0.39 is 10.5 Å². The van der Waals surface area contributed by atoms with Gasteiger partial charge in [-0.1, -0.05) is 48.5 Å². The van der Waals surface area contributed by atoms with Crippen molar-refractivity contribution in [3.8, 4) is 16.9 Å². The van der Waals surface area contributed by atoms with Gasteiger partial charge in [0.25, 0.3) is 11.2 Å². The Kier molecular flexibility index (Phi) is 4.81. The van der Waals surface area contributed by atoms with Gasteiger partial charge in [0.15, 0.2) is 5.69 Å². The van der Waals surface area contributed by atoms with Crippen LogP contribution in [0.4, 0.5) is 17.1 Å². The molecule has 1 aromatic heterocycles. The lowest BCUT2D eigenvalue weighted by molar-refractivity contribution is -0.384. The van der Waals surface area contributed by atoms with Crippen molar-refractivity contribution < 1.29 is 4.92 Å². The fourth-order valence-electron chi connectivity index (χ4n) is 2.83. The third-order valence-electron chi connectivity index (χ3n) is 4.27. The van der Waals surface area contributed by atoms with Gasteiger partial charge < -0.3 is 0 Å². The smallest absolute Gasteiger partial charge is 0.288 e. The lowest BCUT2D eigenvalue weighted by Gasteiger charge is -2.01. The Morgan fingerprint density at radius 2 is 1.45 bits per heavy atom. The number of aromatic amines is 1. The highest BCUT2D eigenvalue weighted by Gasteiger charge is 2.17. The molecule has 0 unspecified atom stereocenters. The summed E-state index contributed by atoms with van der Waals surface area (Å²) in [4.78, 5) is 23.4. The Balaban J connectivity index is 1.84. The first kappa shape index (κ1) is 18.1. The average Bonchev–Trinajstić information content (AvgIpc) is 3.10. The molecule has 0 spiro atoms. The molecule has 0 amide bonds. The normalized spacial score (nSPS) is 11.0. The van der Waals surface area contributed by atoms with E-state index >= 15 is 0 Å². The summed E-state index contributed by atoms with van der Waals surface area (Å²) < 4.78 is 1.30. The van der Waals surface area contributed by atoms with Crippen LogP contribution in [-0.2, 0) is 0 Å². The molecule has 4 rings (SSSR count). The molecule has 0 aliphatic heterocycles. The van der Waals surface area contributed by atoms with Crippen molar-refractivity contribution in [2.45, 2.75) is 0 Å². The summed E-state index contributed by atoms with van der Waals surface area (Å²) in [6.07, 6.45) is 0. The lowest BCUT2D eigenvalue weighted by Crippen LogP contribution is -2.13. The standard InChI is InChI=1S/C21H15N5O3/c27-21-20(23-22-16-9-5-2-6-10-16)19(15-7-3-1-4-8-15)24-25(21)17-11-13-18(14-12-17)26(28)29/h1-14,24H. The predicted octanol–water partition coefficient (Wildman–Crippen LogP) is 5.16. The van der Waals surface area contributed by atoms with Crippen LogP contribution in [0.5, 0.6) is 0 Å². The van der Waals surface area contributed by atoms with Crippen LogP contribution in [0.2, 0.25) is 0 Å². The maximum atomic E-state index is 13.0. The summed E-state index contributed by atoms with van der Waals surface area (Å²) in [5.41, 5.74) is 2.05. The number of aromatic nitrogens is 2. The fraction of sp³-hybridized carbons (Fsp3) is 0. The number of nitrogens with zero attached hydrogens (tertiary/aromatic N) is 4. The van der Waals surface area contributed by atoms with Gasteiger partial charge in [0.05, 0.1) is 22.0 Å². The van der Waals surface area contributed by atoms with Crippen molar-refractivity contribution in [3.05, 3.63) is 105 Å². The van der Waals surface area contributed by atoms with E-state index in [0.717, 1.165) is 5.56 Å². The van der Waals surface area contributed by atoms with Crippen LogP contribution in [0.15, 0.2) is 100.0 Å². The number of H-pyrrole nitrogens is 1. The van der Waals surface area contributed by atoms with Crippen molar-refractivity contribution in [1.29, 1.82) is 0 Å². The van der Waals surface area contributed by atoms with Crippen LogP contribution < -0.4 is 5.56 Å². The minimum Gasteiger partial charge on any atom is -0.288 e. The van der Waals surface area contributed by atoms with E-state index in [1.807, 2.05) is 48.5 Å². The second-order valence-electron chi connectivity index (χ2n) is 6.15. The molecule has 0 saturated carbocycles. The lowest BCUT2D eigenvalue weighted by atomic mass is 10.1. The Hall–Kier alpha value is -4.33. The molecule has 4 aromatic rings. The van der Waals surface area contributed by atoms with Crippen LogP contribution in [0.3, 0.4) is 0 Å². The van der Waals surface area contributed by atoms with Crippen molar-refractivity contribution in [3.63, 3.8) is 0 Å². The molecule has 0 radical (unpaired) electrons. The van der Waals surface area contributed by atoms with E-state index in [1.54, 1.807) is 12.1 Å². The van der Waals surface area contributed by atoms with Crippen molar-refractivity contribution in [2.24, 2.45) is 10.2 Å². The molecule has 0 aliphatic rings. The van der Waals surface area contributed by atoms with Crippen molar-refractivity contribution >= 4 is 17.1 Å². The number of nitro benzene ring substituents is 1. The minimum absolute atomic E-state index is 0.0550. The Morgan fingerprint density at radius 1 is 0.828 bits per heavy atom. The van der Waals surface area contributed by atoms with Gasteiger partial charge in [0.1, 0.15) is 0 Å². The summed E-state index contributed by atoms with van der Waals surface area (Å²) in [6.45, 7) is 0. The largest absolute Gasteiger partial charge is 0.299 e. The van der Waals surface area contributed by atoms with Gasteiger partial charge in [-0.05, 0) is 24.3 Å². The molecule has 142 valence electrons. The monoisotopic (exact) mass is 385 g/mol. The molecule has 8 heteroatoms. The van der Waals surface area contributed by atoms with E-state index in [4.69, 9.17) is 0 Å². The molecule has 0 aliphatic carbocycles. The maximum Gasteiger partial charge on any atom is 0.299 e. The number of non-ortho nitro benzene ring substituents is 1. The highest BCUT2D eigenvalue weighted by Crippen LogP contribution is 2.28. The maximum absolute atomic E-state index is 13.0. The number of azo groups is 1. The third kappa shape index (κ3) is 3.72. The minimum atomic E-state index is -0.490. The van der Waals surface area contributed by atoms with E-state index in [1.165, 1.54) is 28.9 Å². The SMILES string of the molecule is O=c1c(N=Nc2ccccc2)c(-c2ccccc2)[nH]n1-c1ccc([N+](=O)[O-])cc1. The van der Waals surface area contributed by atoms with Gasteiger partial charge in [-0.3, -0.25) is 20.0 Å². The molecule has 1 heterocycles. The Morgan fingerprint density at radius 3 is 2.07 bits per heavy atom. The van der Waals surface area contributed by atoms with Gasteiger partial charge in [0.2, 0.25) is 0 Å². The molecular formula is C21H15N5O3. The second kappa shape index (κ2) is 7.73. The molecular weight excluding hydrogens is 370 g/mol.